The average molecular weight is 340 g/mol. The standard InChI is InChI=1S/C13H14BrN3O3/c1-16(7-10-3-4-11(14)20-10)13(19)8-17-6-9(15)2-5-12(17)18/h2-6H,7-8,15H2,1H3. The van der Waals surface area contributed by atoms with Crippen molar-refractivity contribution in [3.8, 4) is 0 Å². The second-order valence-corrected chi connectivity index (χ2v) is 5.17. The third kappa shape index (κ3) is 3.51. The van der Waals surface area contributed by atoms with Gasteiger partial charge in [-0.3, -0.25) is 9.59 Å². The van der Waals surface area contributed by atoms with Crippen LogP contribution < -0.4 is 11.3 Å². The van der Waals surface area contributed by atoms with Crippen LogP contribution in [0.5, 0.6) is 0 Å². The van der Waals surface area contributed by atoms with Gasteiger partial charge in [-0.25, -0.2) is 0 Å². The Kier molecular flexibility index (Phi) is 4.29. The molecule has 2 rings (SSSR count). The SMILES string of the molecule is CN(Cc1ccc(Br)o1)C(=O)Cn1cc(N)ccc1=O. The Morgan fingerprint density at radius 3 is 2.80 bits per heavy atom. The van der Waals surface area contributed by atoms with E-state index in [4.69, 9.17) is 10.2 Å². The van der Waals surface area contributed by atoms with Gasteiger partial charge in [-0.1, -0.05) is 0 Å². The fourth-order valence-corrected chi connectivity index (χ4v) is 2.04. The molecule has 0 saturated heterocycles. The molecule has 1 amide bonds. The summed E-state index contributed by atoms with van der Waals surface area (Å²) in [5.41, 5.74) is 5.78. The Balaban J connectivity index is 2.04. The normalized spacial score (nSPS) is 10.5. The maximum Gasteiger partial charge on any atom is 0.251 e. The summed E-state index contributed by atoms with van der Waals surface area (Å²) in [6.45, 7) is 0.281. The summed E-state index contributed by atoms with van der Waals surface area (Å²) in [6, 6.07) is 6.39. The minimum absolute atomic E-state index is 0.0533. The predicted octanol–water partition coefficient (Wildman–Crippen LogP) is 1.44. The second kappa shape index (κ2) is 5.96. The van der Waals surface area contributed by atoms with Crippen LogP contribution in [0.25, 0.3) is 0 Å². The van der Waals surface area contributed by atoms with Crippen molar-refractivity contribution in [2.24, 2.45) is 0 Å². The van der Waals surface area contributed by atoms with Crippen LogP contribution in [0.15, 0.2) is 44.3 Å². The highest BCUT2D eigenvalue weighted by molar-refractivity contribution is 9.10. The van der Waals surface area contributed by atoms with Crippen molar-refractivity contribution in [1.82, 2.24) is 9.47 Å². The molecule has 2 aromatic heterocycles. The first-order valence-corrected chi connectivity index (χ1v) is 6.69. The van der Waals surface area contributed by atoms with E-state index >= 15 is 0 Å². The topological polar surface area (TPSA) is 81.5 Å². The number of nitrogens with zero attached hydrogens (tertiary/aromatic N) is 2. The van der Waals surface area contributed by atoms with Crippen LogP contribution in [0.4, 0.5) is 5.69 Å². The van der Waals surface area contributed by atoms with Crippen molar-refractivity contribution in [1.29, 1.82) is 0 Å². The van der Waals surface area contributed by atoms with Crippen molar-refractivity contribution in [3.05, 3.63) is 51.2 Å². The number of carbonyl (C=O) groups is 1. The molecule has 0 bridgehead atoms. The first-order valence-electron chi connectivity index (χ1n) is 5.90. The molecular weight excluding hydrogens is 326 g/mol. The van der Waals surface area contributed by atoms with Gasteiger partial charge in [-0.2, -0.15) is 0 Å². The fourth-order valence-electron chi connectivity index (χ4n) is 1.70. The highest BCUT2D eigenvalue weighted by Crippen LogP contribution is 2.15. The molecule has 6 nitrogen and oxygen atoms in total. The number of likely N-dealkylation sites (N-methyl/N-ethyl adjacent to an activating group) is 1. The zero-order valence-corrected chi connectivity index (χ0v) is 12.5. The molecule has 0 aliphatic rings. The van der Waals surface area contributed by atoms with Crippen LogP contribution in [0.1, 0.15) is 5.76 Å². The molecule has 0 unspecified atom stereocenters. The number of halogens is 1. The Hall–Kier alpha value is -2.02. The van der Waals surface area contributed by atoms with E-state index in [1.807, 2.05) is 0 Å². The van der Waals surface area contributed by atoms with Gasteiger partial charge in [0.1, 0.15) is 12.3 Å². The van der Waals surface area contributed by atoms with Crippen LogP contribution in [-0.2, 0) is 17.9 Å². The van der Waals surface area contributed by atoms with E-state index in [9.17, 15) is 9.59 Å². The molecule has 0 fully saturated rings. The van der Waals surface area contributed by atoms with Crippen LogP contribution in [0.2, 0.25) is 0 Å². The second-order valence-electron chi connectivity index (χ2n) is 4.38. The number of amides is 1. The third-order valence-electron chi connectivity index (χ3n) is 2.76. The molecule has 0 saturated carbocycles. The summed E-state index contributed by atoms with van der Waals surface area (Å²) in [5, 5.41) is 0. The average Bonchev–Trinajstić information content (AvgIpc) is 2.79. The number of pyridine rings is 1. The summed E-state index contributed by atoms with van der Waals surface area (Å²) in [5.74, 6) is 0.456. The molecule has 0 atom stereocenters. The van der Waals surface area contributed by atoms with E-state index in [1.54, 1.807) is 19.2 Å². The Labute approximate surface area is 123 Å². The van der Waals surface area contributed by atoms with E-state index in [2.05, 4.69) is 15.9 Å². The maximum absolute atomic E-state index is 12.1. The van der Waals surface area contributed by atoms with Gasteiger partial charge < -0.3 is 19.6 Å². The number of hydrogen-bond acceptors (Lipinski definition) is 4. The zero-order valence-electron chi connectivity index (χ0n) is 10.9. The van der Waals surface area contributed by atoms with Crippen molar-refractivity contribution < 1.29 is 9.21 Å². The molecule has 2 N–H and O–H groups in total. The molecule has 0 spiro atoms. The fraction of sp³-hybridized carbons (Fsp3) is 0.231. The number of hydrogen-bond donors (Lipinski definition) is 1. The van der Waals surface area contributed by atoms with Crippen molar-refractivity contribution in [3.63, 3.8) is 0 Å². The molecule has 0 radical (unpaired) electrons. The van der Waals surface area contributed by atoms with Gasteiger partial charge in [0.25, 0.3) is 5.56 Å². The van der Waals surface area contributed by atoms with Gasteiger partial charge >= 0.3 is 0 Å². The highest BCUT2D eigenvalue weighted by atomic mass is 79.9. The maximum atomic E-state index is 12.1. The van der Waals surface area contributed by atoms with Crippen LogP contribution in [0, 0.1) is 0 Å². The Morgan fingerprint density at radius 2 is 2.15 bits per heavy atom. The summed E-state index contributed by atoms with van der Waals surface area (Å²) in [7, 11) is 1.65. The lowest BCUT2D eigenvalue weighted by Crippen LogP contribution is -2.33. The minimum Gasteiger partial charge on any atom is -0.452 e. The summed E-state index contributed by atoms with van der Waals surface area (Å²) in [6.07, 6.45) is 1.46. The number of anilines is 1. The monoisotopic (exact) mass is 339 g/mol. The first-order chi connectivity index (χ1) is 9.45. The first kappa shape index (κ1) is 14.4. The number of nitrogen functional groups attached to an aromatic ring is 1. The van der Waals surface area contributed by atoms with E-state index < -0.39 is 0 Å². The lowest BCUT2D eigenvalue weighted by atomic mass is 10.3. The lowest BCUT2D eigenvalue weighted by molar-refractivity contribution is -0.131. The molecular formula is C13H14BrN3O3. The summed E-state index contributed by atoms with van der Waals surface area (Å²) >= 11 is 3.20. The minimum atomic E-state index is -0.262. The van der Waals surface area contributed by atoms with Crippen LogP contribution in [0.3, 0.4) is 0 Å². The van der Waals surface area contributed by atoms with E-state index in [0.717, 1.165) is 0 Å². The number of rotatable bonds is 4. The van der Waals surface area contributed by atoms with Gasteiger partial charge in [-0.15, -0.1) is 0 Å². The predicted molar refractivity (Wildman–Crippen MR) is 78.0 cm³/mol. The van der Waals surface area contributed by atoms with E-state index in [-0.39, 0.29) is 18.0 Å². The lowest BCUT2D eigenvalue weighted by Gasteiger charge is -2.16. The van der Waals surface area contributed by atoms with Crippen molar-refractivity contribution in [2.45, 2.75) is 13.1 Å². The van der Waals surface area contributed by atoms with Crippen molar-refractivity contribution >= 4 is 27.5 Å². The molecule has 0 aliphatic carbocycles. The smallest absolute Gasteiger partial charge is 0.251 e. The zero-order chi connectivity index (χ0) is 14.7. The third-order valence-corrected chi connectivity index (χ3v) is 3.19. The number of nitrogens with two attached hydrogens (primary N) is 1. The summed E-state index contributed by atoms with van der Waals surface area (Å²) < 4.78 is 7.23. The summed E-state index contributed by atoms with van der Waals surface area (Å²) in [4.78, 5) is 25.1. The highest BCUT2D eigenvalue weighted by Gasteiger charge is 2.12. The van der Waals surface area contributed by atoms with E-state index in [1.165, 1.54) is 27.8 Å². The molecule has 7 heteroatoms. The quantitative estimate of drug-likeness (QED) is 0.913. The van der Waals surface area contributed by atoms with Gasteiger partial charge in [-0.05, 0) is 34.1 Å². The van der Waals surface area contributed by atoms with Gasteiger partial charge in [0.15, 0.2) is 4.67 Å². The molecule has 106 valence electrons. The number of carbonyl (C=O) groups excluding carboxylic acids is 1. The largest absolute Gasteiger partial charge is 0.452 e. The Bertz CT molecular complexity index is 677. The molecule has 2 aromatic rings. The Morgan fingerprint density at radius 1 is 1.40 bits per heavy atom. The van der Waals surface area contributed by atoms with Gasteiger partial charge in [0, 0.05) is 25.0 Å². The molecule has 0 aliphatic heterocycles. The number of furan rings is 1. The van der Waals surface area contributed by atoms with Gasteiger partial charge in [0.2, 0.25) is 5.91 Å². The van der Waals surface area contributed by atoms with Crippen molar-refractivity contribution in [2.75, 3.05) is 12.8 Å². The van der Waals surface area contributed by atoms with E-state index in [0.29, 0.717) is 22.7 Å². The molecule has 2 heterocycles. The van der Waals surface area contributed by atoms with Gasteiger partial charge in [0.05, 0.1) is 6.54 Å². The molecule has 20 heavy (non-hydrogen) atoms. The van der Waals surface area contributed by atoms with Crippen LogP contribution >= 0.6 is 15.9 Å². The number of aromatic nitrogens is 1. The van der Waals surface area contributed by atoms with Crippen LogP contribution in [-0.4, -0.2) is 22.4 Å². The molecule has 0 aromatic carbocycles.